The number of hydrogen-bond acceptors (Lipinski definition) is 5. The van der Waals surface area contributed by atoms with Gasteiger partial charge in [0.05, 0.1) is 17.1 Å². The van der Waals surface area contributed by atoms with E-state index in [1.54, 1.807) is 10.6 Å². The Balaban J connectivity index is 1.87. The maximum atomic E-state index is 12.5. The number of fused-ring (bicyclic) bond motifs is 1. The molecule has 0 fully saturated rings. The van der Waals surface area contributed by atoms with E-state index < -0.39 is 0 Å². The number of aromatic nitrogens is 4. The van der Waals surface area contributed by atoms with Gasteiger partial charge in [0, 0.05) is 17.0 Å². The first-order valence-electron chi connectivity index (χ1n) is 7.72. The van der Waals surface area contributed by atoms with Crippen molar-refractivity contribution in [2.45, 2.75) is 32.3 Å². The van der Waals surface area contributed by atoms with E-state index in [2.05, 4.69) is 20.4 Å². The summed E-state index contributed by atoms with van der Waals surface area (Å²) >= 11 is 7.64. The van der Waals surface area contributed by atoms with Crippen LogP contribution < -0.4 is 5.32 Å². The number of benzene rings is 1. The first-order valence-corrected chi connectivity index (χ1v) is 9.32. The van der Waals surface area contributed by atoms with Gasteiger partial charge >= 0.3 is 0 Å². The number of aryl methyl sites for hydroxylation is 3. The molecule has 2 aromatic heterocycles. The predicted octanol–water partition coefficient (Wildman–Crippen LogP) is 3.61. The summed E-state index contributed by atoms with van der Waals surface area (Å²) in [5.74, 6) is 0.397. The highest BCUT2D eigenvalue weighted by atomic mass is 35.5. The van der Waals surface area contributed by atoms with Crippen molar-refractivity contribution in [3.63, 3.8) is 0 Å². The van der Waals surface area contributed by atoms with Crippen LogP contribution in [0.1, 0.15) is 22.5 Å². The van der Waals surface area contributed by atoms with Crippen LogP contribution in [-0.2, 0) is 11.2 Å². The van der Waals surface area contributed by atoms with E-state index in [0.717, 1.165) is 22.5 Å². The van der Waals surface area contributed by atoms with E-state index in [0.29, 0.717) is 21.6 Å². The molecule has 0 saturated carbocycles. The molecule has 0 spiro atoms. The maximum Gasteiger partial charge on any atom is 0.253 e. The van der Waals surface area contributed by atoms with E-state index >= 15 is 0 Å². The second-order valence-electron chi connectivity index (χ2n) is 5.78. The molecule has 0 atom stereocenters. The van der Waals surface area contributed by atoms with E-state index in [1.807, 2.05) is 39.2 Å². The monoisotopic (exact) mass is 375 g/mol. The molecule has 2 heterocycles. The molecular formula is C17H18ClN5OS. The molecule has 0 aliphatic carbocycles. The minimum absolute atomic E-state index is 0.150. The van der Waals surface area contributed by atoms with Gasteiger partial charge in [-0.2, -0.15) is 4.98 Å². The van der Waals surface area contributed by atoms with Gasteiger partial charge in [-0.15, -0.1) is 5.10 Å². The average Bonchev–Trinajstić information content (AvgIpc) is 2.97. The van der Waals surface area contributed by atoms with Crippen LogP contribution in [-0.4, -0.2) is 31.7 Å². The molecular weight excluding hydrogens is 358 g/mol. The lowest BCUT2D eigenvalue weighted by molar-refractivity contribution is -0.115. The molecule has 3 rings (SSSR count). The molecule has 1 amide bonds. The quantitative estimate of drug-likeness (QED) is 0.705. The smallest absolute Gasteiger partial charge is 0.253 e. The SMILES string of the molecule is CSc1nc2nc(C)c(CC(=O)Nc3ccc(C)cc3Cl)c(C)n2n1. The van der Waals surface area contributed by atoms with Gasteiger partial charge in [-0.3, -0.25) is 4.79 Å². The first-order chi connectivity index (χ1) is 11.9. The summed E-state index contributed by atoms with van der Waals surface area (Å²) in [6.07, 6.45) is 2.11. The van der Waals surface area contributed by atoms with E-state index in [1.165, 1.54) is 11.8 Å². The topological polar surface area (TPSA) is 72.2 Å². The Hall–Kier alpha value is -2.12. The Bertz CT molecular complexity index is 969. The van der Waals surface area contributed by atoms with Gasteiger partial charge in [0.15, 0.2) is 0 Å². The van der Waals surface area contributed by atoms with Gasteiger partial charge in [0.25, 0.3) is 5.78 Å². The Labute approximate surface area is 155 Å². The molecule has 0 aliphatic heterocycles. The van der Waals surface area contributed by atoms with Crippen molar-refractivity contribution >= 4 is 40.7 Å². The van der Waals surface area contributed by atoms with Crippen LogP contribution in [0, 0.1) is 20.8 Å². The van der Waals surface area contributed by atoms with Crippen molar-refractivity contribution in [3.8, 4) is 0 Å². The van der Waals surface area contributed by atoms with Crippen molar-refractivity contribution in [2.24, 2.45) is 0 Å². The fourth-order valence-corrected chi connectivity index (χ4v) is 3.23. The summed E-state index contributed by atoms with van der Waals surface area (Å²) in [6, 6.07) is 5.53. The first kappa shape index (κ1) is 17.7. The molecule has 0 radical (unpaired) electrons. The molecule has 0 unspecified atom stereocenters. The lowest BCUT2D eigenvalue weighted by atomic mass is 10.1. The summed E-state index contributed by atoms with van der Waals surface area (Å²) in [7, 11) is 0. The average molecular weight is 376 g/mol. The van der Waals surface area contributed by atoms with Gasteiger partial charge in [-0.1, -0.05) is 29.4 Å². The van der Waals surface area contributed by atoms with Crippen LogP contribution in [0.4, 0.5) is 5.69 Å². The van der Waals surface area contributed by atoms with Crippen LogP contribution >= 0.6 is 23.4 Å². The third-order valence-electron chi connectivity index (χ3n) is 3.95. The molecule has 0 saturated heterocycles. The van der Waals surface area contributed by atoms with Crippen molar-refractivity contribution in [1.29, 1.82) is 0 Å². The minimum atomic E-state index is -0.150. The van der Waals surface area contributed by atoms with Gasteiger partial charge in [0.1, 0.15) is 0 Å². The number of anilines is 1. The molecule has 25 heavy (non-hydrogen) atoms. The van der Waals surface area contributed by atoms with Crippen molar-refractivity contribution in [1.82, 2.24) is 19.6 Å². The number of rotatable bonds is 4. The Morgan fingerprint density at radius 2 is 2.04 bits per heavy atom. The highest BCUT2D eigenvalue weighted by Gasteiger charge is 2.16. The third-order valence-corrected chi connectivity index (χ3v) is 4.80. The van der Waals surface area contributed by atoms with E-state index in [4.69, 9.17) is 11.6 Å². The molecule has 130 valence electrons. The number of carbonyl (C=O) groups is 1. The van der Waals surface area contributed by atoms with Crippen LogP contribution in [0.3, 0.4) is 0 Å². The minimum Gasteiger partial charge on any atom is -0.324 e. The highest BCUT2D eigenvalue weighted by Crippen LogP contribution is 2.23. The van der Waals surface area contributed by atoms with Crippen molar-refractivity contribution in [3.05, 3.63) is 45.7 Å². The summed E-state index contributed by atoms with van der Waals surface area (Å²) < 4.78 is 1.68. The lowest BCUT2D eigenvalue weighted by Gasteiger charge is -2.11. The Kier molecular flexibility index (Phi) is 4.96. The molecule has 1 aromatic carbocycles. The van der Waals surface area contributed by atoms with E-state index in [-0.39, 0.29) is 12.3 Å². The van der Waals surface area contributed by atoms with Gasteiger partial charge in [-0.05, 0) is 44.7 Å². The summed E-state index contributed by atoms with van der Waals surface area (Å²) in [5, 5.41) is 8.44. The molecule has 0 bridgehead atoms. The maximum absolute atomic E-state index is 12.5. The number of hydrogen-bond donors (Lipinski definition) is 1. The summed E-state index contributed by atoms with van der Waals surface area (Å²) in [5.41, 5.74) is 4.12. The van der Waals surface area contributed by atoms with Crippen LogP contribution in [0.25, 0.3) is 5.78 Å². The van der Waals surface area contributed by atoms with Gasteiger partial charge < -0.3 is 5.32 Å². The lowest BCUT2D eigenvalue weighted by Crippen LogP contribution is -2.18. The number of amides is 1. The van der Waals surface area contributed by atoms with Crippen molar-refractivity contribution in [2.75, 3.05) is 11.6 Å². The Morgan fingerprint density at radius 1 is 1.28 bits per heavy atom. The van der Waals surface area contributed by atoms with Crippen LogP contribution in [0.15, 0.2) is 23.4 Å². The molecule has 8 heteroatoms. The molecule has 0 aliphatic rings. The predicted molar refractivity (Wildman–Crippen MR) is 101 cm³/mol. The number of nitrogens with zero attached hydrogens (tertiary/aromatic N) is 4. The number of thioether (sulfide) groups is 1. The highest BCUT2D eigenvalue weighted by molar-refractivity contribution is 7.98. The van der Waals surface area contributed by atoms with Crippen LogP contribution in [0.5, 0.6) is 0 Å². The second-order valence-corrected chi connectivity index (χ2v) is 6.96. The second kappa shape index (κ2) is 7.01. The number of halogens is 1. The molecule has 1 N–H and O–H groups in total. The number of nitrogens with one attached hydrogen (secondary N) is 1. The van der Waals surface area contributed by atoms with Gasteiger partial charge in [0.2, 0.25) is 11.1 Å². The molecule has 3 aromatic rings. The standard InChI is InChI=1S/C17H18ClN5OS/c1-9-5-6-14(13(18)7-9)20-15(24)8-12-10(2)19-16-21-17(25-4)22-23(16)11(12)3/h5-7H,8H2,1-4H3,(H,20,24). The summed E-state index contributed by atoms with van der Waals surface area (Å²) in [6.45, 7) is 5.75. The largest absolute Gasteiger partial charge is 0.324 e. The Morgan fingerprint density at radius 3 is 2.72 bits per heavy atom. The van der Waals surface area contributed by atoms with Crippen LogP contribution in [0.2, 0.25) is 5.02 Å². The number of carbonyl (C=O) groups excluding carboxylic acids is 1. The fraction of sp³-hybridized carbons (Fsp3) is 0.294. The summed E-state index contributed by atoms with van der Waals surface area (Å²) in [4.78, 5) is 21.3. The fourth-order valence-electron chi connectivity index (χ4n) is 2.61. The van der Waals surface area contributed by atoms with Crippen molar-refractivity contribution < 1.29 is 4.79 Å². The molecule has 6 nitrogen and oxygen atoms in total. The normalized spacial score (nSPS) is 11.1. The van der Waals surface area contributed by atoms with Gasteiger partial charge in [-0.25, -0.2) is 9.50 Å². The zero-order valence-corrected chi connectivity index (χ0v) is 16.0. The third kappa shape index (κ3) is 3.62. The zero-order valence-electron chi connectivity index (χ0n) is 14.4. The van der Waals surface area contributed by atoms with E-state index in [9.17, 15) is 4.79 Å². The zero-order chi connectivity index (χ0) is 18.1.